The second-order valence-corrected chi connectivity index (χ2v) is 5.50. The van der Waals surface area contributed by atoms with Gasteiger partial charge >= 0.3 is 0 Å². The normalized spacial score (nSPS) is 10.5. The number of anilines is 1. The summed E-state index contributed by atoms with van der Waals surface area (Å²) < 4.78 is 5.57. The molecule has 3 aromatic rings. The first kappa shape index (κ1) is 15.2. The van der Waals surface area contributed by atoms with Gasteiger partial charge in [-0.25, -0.2) is 0 Å². The molecule has 0 unspecified atom stereocenters. The van der Waals surface area contributed by atoms with Gasteiger partial charge in [-0.2, -0.15) is 0 Å². The molecule has 0 saturated carbocycles. The van der Waals surface area contributed by atoms with E-state index in [-0.39, 0.29) is 18.2 Å². The van der Waals surface area contributed by atoms with Crippen LogP contribution in [0.3, 0.4) is 0 Å². The Bertz CT molecular complexity index is 870. The van der Waals surface area contributed by atoms with Crippen LogP contribution < -0.4 is 10.6 Å². The molecule has 0 aliphatic rings. The second kappa shape index (κ2) is 6.62. The van der Waals surface area contributed by atoms with E-state index >= 15 is 0 Å². The summed E-state index contributed by atoms with van der Waals surface area (Å²) in [5.41, 5.74) is 1.30. The van der Waals surface area contributed by atoms with E-state index in [1.54, 1.807) is 18.3 Å². The predicted molar refractivity (Wildman–Crippen MR) is 89.1 cm³/mol. The molecule has 23 heavy (non-hydrogen) atoms. The molecule has 0 spiro atoms. The van der Waals surface area contributed by atoms with E-state index in [0.29, 0.717) is 15.9 Å². The number of rotatable bonds is 4. The molecule has 116 valence electrons. The third kappa shape index (κ3) is 3.57. The van der Waals surface area contributed by atoms with Gasteiger partial charge in [0.05, 0.1) is 17.7 Å². The van der Waals surface area contributed by atoms with Crippen molar-refractivity contribution in [3.8, 4) is 0 Å². The lowest BCUT2D eigenvalue weighted by atomic mass is 10.2. The molecule has 0 atom stereocenters. The van der Waals surface area contributed by atoms with E-state index in [4.69, 9.17) is 4.42 Å². The zero-order chi connectivity index (χ0) is 16.2. The molecule has 0 aliphatic carbocycles. The van der Waals surface area contributed by atoms with Crippen LogP contribution in [-0.2, 0) is 4.79 Å². The Morgan fingerprint density at radius 1 is 1.13 bits per heavy atom. The van der Waals surface area contributed by atoms with Crippen molar-refractivity contribution in [3.63, 3.8) is 0 Å². The van der Waals surface area contributed by atoms with Crippen molar-refractivity contribution in [3.05, 3.63) is 59.1 Å². The van der Waals surface area contributed by atoms with Gasteiger partial charge in [-0.3, -0.25) is 14.6 Å². The molecule has 0 fully saturated rings. The lowest BCUT2D eigenvalue weighted by Gasteiger charge is -2.08. The van der Waals surface area contributed by atoms with Crippen molar-refractivity contribution >= 4 is 44.3 Å². The van der Waals surface area contributed by atoms with Gasteiger partial charge < -0.3 is 15.1 Å². The van der Waals surface area contributed by atoms with Crippen LogP contribution in [0.1, 0.15) is 10.6 Å². The Morgan fingerprint density at radius 2 is 1.96 bits per heavy atom. The number of pyridine rings is 1. The standard InChI is InChI=1S/C16H12BrN3O3/c17-13-7-6-12(23-13)16(22)19-9-14(21)20-11-5-1-3-10-4-2-8-18-15(10)11/h1-8H,9H2,(H,19,22)(H,20,21). The van der Waals surface area contributed by atoms with Gasteiger partial charge in [-0.15, -0.1) is 0 Å². The highest BCUT2D eigenvalue weighted by Gasteiger charge is 2.12. The number of carbonyl (C=O) groups is 2. The third-order valence-corrected chi connectivity index (χ3v) is 3.54. The number of aromatic nitrogens is 1. The number of furan rings is 1. The van der Waals surface area contributed by atoms with E-state index in [1.807, 2.05) is 24.3 Å². The Kier molecular flexibility index (Phi) is 4.38. The van der Waals surface area contributed by atoms with Crippen LogP contribution in [0.2, 0.25) is 0 Å². The zero-order valence-electron chi connectivity index (χ0n) is 11.9. The first-order valence-electron chi connectivity index (χ1n) is 6.80. The molecule has 2 aromatic heterocycles. The quantitative estimate of drug-likeness (QED) is 0.736. The highest BCUT2D eigenvalue weighted by atomic mass is 79.9. The second-order valence-electron chi connectivity index (χ2n) is 4.72. The Balaban J connectivity index is 1.64. The van der Waals surface area contributed by atoms with Crippen LogP contribution in [0, 0.1) is 0 Å². The molecule has 0 saturated heterocycles. The summed E-state index contributed by atoms with van der Waals surface area (Å²) in [7, 11) is 0. The maximum absolute atomic E-state index is 12.0. The summed E-state index contributed by atoms with van der Waals surface area (Å²) in [6.07, 6.45) is 1.66. The number of halogens is 1. The van der Waals surface area contributed by atoms with Crippen LogP contribution in [0.25, 0.3) is 10.9 Å². The Morgan fingerprint density at radius 3 is 2.74 bits per heavy atom. The lowest BCUT2D eigenvalue weighted by molar-refractivity contribution is -0.115. The van der Waals surface area contributed by atoms with E-state index in [2.05, 4.69) is 31.5 Å². The number of para-hydroxylation sites is 1. The molecule has 2 heterocycles. The summed E-state index contributed by atoms with van der Waals surface area (Å²) >= 11 is 3.11. The summed E-state index contributed by atoms with van der Waals surface area (Å²) in [5.74, 6) is -0.666. The van der Waals surface area contributed by atoms with Gasteiger partial charge in [0.25, 0.3) is 5.91 Å². The van der Waals surface area contributed by atoms with Crippen LogP contribution in [0.15, 0.2) is 57.7 Å². The zero-order valence-corrected chi connectivity index (χ0v) is 13.5. The number of hydrogen-bond donors (Lipinski definition) is 2. The Labute approximate surface area is 140 Å². The monoisotopic (exact) mass is 373 g/mol. The maximum atomic E-state index is 12.0. The van der Waals surface area contributed by atoms with Crippen molar-refractivity contribution in [2.75, 3.05) is 11.9 Å². The fourth-order valence-electron chi connectivity index (χ4n) is 2.08. The highest BCUT2D eigenvalue weighted by molar-refractivity contribution is 9.10. The van der Waals surface area contributed by atoms with Gasteiger partial charge in [-0.05, 0) is 40.2 Å². The molecule has 1 aromatic carbocycles. The molecular formula is C16H12BrN3O3. The molecule has 0 radical (unpaired) electrons. The maximum Gasteiger partial charge on any atom is 0.287 e. The first-order valence-corrected chi connectivity index (χ1v) is 7.60. The van der Waals surface area contributed by atoms with E-state index in [0.717, 1.165) is 5.39 Å². The van der Waals surface area contributed by atoms with Gasteiger partial charge in [0.15, 0.2) is 10.4 Å². The minimum Gasteiger partial charge on any atom is -0.444 e. The van der Waals surface area contributed by atoms with Crippen molar-refractivity contribution in [2.45, 2.75) is 0 Å². The topological polar surface area (TPSA) is 84.2 Å². The molecule has 2 N–H and O–H groups in total. The number of nitrogens with zero attached hydrogens (tertiary/aromatic N) is 1. The molecule has 6 nitrogen and oxygen atoms in total. The average Bonchev–Trinajstić information content (AvgIpc) is 2.99. The number of fused-ring (bicyclic) bond motifs is 1. The number of hydrogen-bond acceptors (Lipinski definition) is 4. The lowest BCUT2D eigenvalue weighted by Crippen LogP contribution is -2.32. The third-order valence-electron chi connectivity index (χ3n) is 3.11. The van der Waals surface area contributed by atoms with Crippen molar-refractivity contribution in [1.29, 1.82) is 0 Å². The number of nitrogens with one attached hydrogen (secondary N) is 2. The van der Waals surface area contributed by atoms with Gasteiger partial charge in [0, 0.05) is 11.6 Å². The summed E-state index contributed by atoms with van der Waals surface area (Å²) in [6, 6.07) is 12.4. The Hall–Kier alpha value is -2.67. The minimum absolute atomic E-state index is 0.136. The molecule has 7 heteroatoms. The largest absolute Gasteiger partial charge is 0.444 e. The van der Waals surface area contributed by atoms with Crippen LogP contribution in [0.4, 0.5) is 5.69 Å². The average molecular weight is 374 g/mol. The van der Waals surface area contributed by atoms with Crippen molar-refractivity contribution in [2.24, 2.45) is 0 Å². The summed E-state index contributed by atoms with van der Waals surface area (Å²) in [5, 5.41) is 6.16. The predicted octanol–water partition coefficient (Wildman–Crippen LogP) is 2.96. The van der Waals surface area contributed by atoms with Crippen molar-refractivity contribution < 1.29 is 14.0 Å². The fraction of sp³-hybridized carbons (Fsp3) is 0.0625. The molecule has 0 aliphatic heterocycles. The SMILES string of the molecule is O=C(CNC(=O)c1ccc(Br)o1)Nc1cccc2cccnc12. The van der Waals surface area contributed by atoms with Gasteiger partial charge in [0.2, 0.25) is 5.91 Å². The first-order chi connectivity index (χ1) is 11.1. The molecule has 0 bridgehead atoms. The molecular weight excluding hydrogens is 362 g/mol. The van der Waals surface area contributed by atoms with E-state index < -0.39 is 5.91 Å². The van der Waals surface area contributed by atoms with Crippen LogP contribution in [0.5, 0.6) is 0 Å². The fourth-order valence-corrected chi connectivity index (χ4v) is 2.39. The minimum atomic E-state index is -0.457. The van der Waals surface area contributed by atoms with Gasteiger partial charge in [-0.1, -0.05) is 18.2 Å². The molecule has 2 amide bonds. The van der Waals surface area contributed by atoms with Crippen LogP contribution in [-0.4, -0.2) is 23.3 Å². The smallest absolute Gasteiger partial charge is 0.287 e. The van der Waals surface area contributed by atoms with E-state index in [1.165, 1.54) is 6.07 Å². The highest BCUT2D eigenvalue weighted by Crippen LogP contribution is 2.20. The summed E-state index contributed by atoms with van der Waals surface area (Å²) in [6.45, 7) is -0.166. The number of amides is 2. The molecule has 3 rings (SSSR count). The van der Waals surface area contributed by atoms with Gasteiger partial charge in [0.1, 0.15) is 0 Å². The number of carbonyl (C=O) groups excluding carboxylic acids is 2. The van der Waals surface area contributed by atoms with Crippen molar-refractivity contribution in [1.82, 2.24) is 10.3 Å². The summed E-state index contributed by atoms with van der Waals surface area (Å²) in [4.78, 5) is 28.1. The van der Waals surface area contributed by atoms with Crippen LogP contribution >= 0.6 is 15.9 Å². The van der Waals surface area contributed by atoms with E-state index in [9.17, 15) is 9.59 Å². The number of benzene rings is 1.